The normalized spacial score (nSPS) is 13.5. The van der Waals surface area contributed by atoms with E-state index in [0.29, 0.717) is 17.6 Å². The van der Waals surface area contributed by atoms with E-state index in [1.54, 1.807) is 25.3 Å². The van der Waals surface area contributed by atoms with E-state index in [1.807, 2.05) is 0 Å². The van der Waals surface area contributed by atoms with Gasteiger partial charge in [0.05, 0.1) is 17.8 Å². The molecule has 2 N–H and O–H groups in total. The van der Waals surface area contributed by atoms with Crippen LogP contribution in [-0.2, 0) is 0 Å². The van der Waals surface area contributed by atoms with Gasteiger partial charge >= 0.3 is 0 Å². The molecule has 1 heterocycles. The first-order valence-corrected chi connectivity index (χ1v) is 6.72. The van der Waals surface area contributed by atoms with Crippen LogP contribution in [0.1, 0.15) is 30.6 Å². The van der Waals surface area contributed by atoms with Gasteiger partial charge in [-0.05, 0) is 24.6 Å². The zero-order valence-corrected chi connectivity index (χ0v) is 12.4. The maximum absolute atomic E-state index is 11.8. The van der Waals surface area contributed by atoms with Gasteiger partial charge in [-0.2, -0.15) is 0 Å². The van der Waals surface area contributed by atoms with E-state index in [9.17, 15) is 14.9 Å². The van der Waals surface area contributed by atoms with Gasteiger partial charge in [0.25, 0.3) is 5.91 Å². The van der Waals surface area contributed by atoms with Crippen LogP contribution in [0, 0.1) is 10.1 Å². The molecule has 0 spiro atoms. The summed E-state index contributed by atoms with van der Waals surface area (Å²) in [6, 6.07) is 2.35. The molecule has 0 aromatic carbocycles. The molecule has 0 fully saturated rings. The standard InChI is InChI=1S/C14H18N4O4/c1-3-11(10(2)18(21)22)7-13(17-20)9-16-14(19)12-5-4-6-15-8-12/h4-8,10,20H,3,9H2,1-2H3,(H,16,19)/b11-7+,17-13+. The van der Waals surface area contributed by atoms with Crippen LogP contribution in [-0.4, -0.2) is 39.3 Å². The highest BCUT2D eigenvalue weighted by molar-refractivity contribution is 6.01. The van der Waals surface area contributed by atoms with Crippen LogP contribution < -0.4 is 5.32 Å². The van der Waals surface area contributed by atoms with E-state index in [-0.39, 0.29) is 18.2 Å². The lowest BCUT2D eigenvalue weighted by Crippen LogP contribution is -2.29. The van der Waals surface area contributed by atoms with Crippen LogP contribution in [0.3, 0.4) is 0 Å². The van der Waals surface area contributed by atoms with Gasteiger partial charge in [0.1, 0.15) is 0 Å². The Hall–Kier alpha value is -2.77. The van der Waals surface area contributed by atoms with Crippen molar-refractivity contribution >= 4 is 11.6 Å². The molecular formula is C14H18N4O4. The van der Waals surface area contributed by atoms with Crippen molar-refractivity contribution in [2.24, 2.45) is 5.16 Å². The fourth-order valence-corrected chi connectivity index (χ4v) is 1.75. The predicted octanol–water partition coefficient (Wildman–Crippen LogP) is 1.64. The van der Waals surface area contributed by atoms with Crippen molar-refractivity contribution in [3.8, 4) is 0 Å². The smallest absolute Gasteiger partial charge is 0.253 e. The molecule has 118 valence electrons. The van der Waals surface area contributed by atoms with Crippen molar-refractivity contribution in [1.29, 1.82) is 0 Å². The zero-order valence-electron chi connectivity index (χ0n) is 12.4. The number of hydrogen-bond acceptors (Lipinski definition) is 6. The number of nitrogens with zero attached hydrogens (tertiary/aromatic N) is 3. The molecule has 0 radical (unpaired) electrons. The van der Waals surface area contributed by atoms with Gasteiger partial charge in [-0.1, -0.05) is 12.1 Å². The molecule has 22 heavy (non-hydrogen) atoms. The number of aromatic nitrogens is 1. The second-order valence-electron chi connectivity index (χ2n) is 4.55. The van der Waals surface area contributed by atoms with Crippen molar-refractivity contribution in [2.45, 2.75) is 26.3 Å². The minimum atomic E-state index is -0.879. The van der Waals surface area contributed by atoms with Gasteiger partial charge in [0, 0.05) is 29.8 Å². The van der Waals surface area contributed by atoms with E-state index in [2.05, 4.69) is 15.5 Å². The second-order valence-corrected chi connectivity index (χ2v) is 4.55. The maximum Gasteiger partial charge on any atom is 0.253 e. The Bertz CT molecular complexity index is 584. The quantitative estimate of drug-likeness (QED) is 0.343. The van der Waals surface area contributed by atoms with E-state index in [1.165, 1.54) is 19.2 Å². The Kier molecular flexibility index (Phi) is 6.68. The van der Waals surface area contributed by atoms with Crippen molar-refractivity contribution in [1.82, 2.24) is 10.3 Å². The molecule has 1 rings (SSSR count). The third-order valence-corrected chi connectivity index (χ3v) is 3.10. The largest absolute Gasteiger partial charge is 0.411 e. The van der Waals surface area contributed by atoms with E-state index >= 15 is 0 Å². The van der Waals surface area contributed by atoms with Gasteiger partial charge in [0.15, 0.2) is 0 Å². The van der Waals surface area contributed by atoms with Crippen LogP contribution in [0.25, 0.3) is 0 Å². The number of carbonyl (C=O) groups is 1. The molecule has 0 saturated carbocycles. The number of nitrogens with one attached hydrogen (secondary N) is 1. The highest BCUT2D eigenvalue weighted by Crippen LogP contribution is 2.10. The first-order chi connectivity index (χ1) is 10.5. The fourth-order valence-electron chi connectivity index (χ4n) is 1.75. The Morgan fingerprint density at radius 1 is 1.64 bits per heavy atom. The summed E-state index contributed by atoms with van der Waals surface area (Å²) in [5.74, 6) is -0.372. The van der Waals surface area contributed by atoms with Crippen LogP contribution in [0.15, 0.2) is 41.3 Å². The van der Waals surface area contributed by atoms with Gasteiger partial charge in [-0.3, -0.25) is 19.9 Å². The maximum atomic E-state index is 11.8. The zero-order chi connectivity index (χ0) is 16.5. The Balaban J connectivity index is 2.73. The Labute approximate surface area is 127 Å². The molecule has 0 aliphatic carbocycles. The molecule has 1 aromatic heterocycles. The lowest BCUT2D eigenvalue weighted by atomic mass is 10.0. The summed E-state index contributed by atoms with van der Waals surface area (Å²) >= 11 is 0. The summed E-state index contributed by atoms with van der Waals surface area (Å²) in [5, 5.41) is 25.4. The molecule has 1 unspecified atom stereocenters. The summed E-state index contributed by atoms with van der Waals surface area (Å²) in [7, 11) is 0. The molecule has 1 aromatic rings. The highest BCUT2D eigenvalue weighted by Gasteiger charge is 2.18. The van der Waals surface area contributed by atoms with Crippen LogP contribution >= 0.6 is 0 Å². The van der Waals surface area contributed by atoms with Crippen molar-refractivity contribution in [2.75, 3.05) is 6.54 Å². The van der Waals surface area contributed by atoms with Crippen molar-refractivity contribution in [3.05, 3.63) is 51.9 Å². The van der Waals surface area contributed by atoms with Crippen molar-refractivity contribution in [3.63, 3.8) is 0 Å². The summed E-state index contributed by atoms with van der Waals surface area (Å²) < 4.78 is 0. The topological polar surface area (TPSA) is 118 Å². The van der Waals surface area contributed by atoms with Gasteiger partial charge in [-0.15, -0.1) is 0 Å². The fraction of sp³-hybridized carbons (Fsp3) is 0.357. The average Bonchev–Trinajstić information content (AvgIpc) is 2.55. The molecular weight excluding hydrogens is 288 g/mol. The summed E-state index contributed by atoms with van der Waals surface area (Å²) in [6.07, 6.45) is 4.83. The third kappa shape index (κ3) is 4.97. The molecule has 0 saturated heterocycles. The average molecular weight is 306 g/mol. The number of pyridine rings is 1. The first-order valence-electron chi connectivity index (χ1n) is 6.72. The SMILES string of the molecule is CC/C(=C\C(CNC(=O)c1cccnc1)=N/O)C(C)[N+](=O)[O-]. The molecule has 1 atom stereocenters. The molecule has 0 aliphatic rings. The van der Waals surface area contributed by atoms with E-state index in [0.717, 1.165) is 0 Å². The number of nitro groups is 1. The summed E-state index contributed by atoms with van der Waals surface area (Å²) in [5.41, 5.74) is 1.02. The van der Waals surface area contributed by atoms with Crippen LogP contribution in [0.4, 0.5) is 0 Å². The third-order valence-electron chi connectivity index (χ3n) is 3.10. The first kappa shape index (κ1) is 17.3. The Morgan fingerprint density at radius 2 is 2.36 bits per heavy atom. The summed E-state index contributed by atoms with van der Waals surface area (Å²) in [6.45, 7) is 3.19. The monoisotopic (exact) mass is 306 g/mol. The molecule has 8 nitrogen and oxygen atoms in total. The molecule has 0 bridgehead atoms. The number of amides is 1. The number of carbonyl (C=O) groups excluding carboxylic acids is 1. The predicted molar refractivity (Wildman–Crippen MR) is 80.6 cm³/mol. The highest BCUT2D eigenvalue weighted by atomic mass is 16.6. The van der Waals surface area contributed by atoms with E-state index in [4.69, 9.17) is 5.21 Å². The van der Waals surface area contributed by atoms with Crippen LogP contribution in [0.2, 0.25) is 0 Å². The Morgan fingerprint density at radius 3 is 2.86 bits per heavy atom. The van der Waals surface area contributed by atoms with Gasteiger partial charge < -0.3 is 10.5 Å². The number of rotatable bonds is 7. The van der Waals surface area contributed by atoms with E-state index < -0.39 is 11.0 Å². The molecule has 0 aliphatic heterocycles. The number of oxime groups is 1. The minimum absolute atomic E-state index is 0.0435. The van der Waals surface area contributed by atoms with Gasteiger partial charge in [-0.25, -0.2) is 0 Å². The van der Waals surface area contributed by atoms with Crippen LogP contribution in [0.5, 0.6) is 0 Å². The van der Waals surface area contributed by atoms with Crippen molar-refractivity contribution < 1.29 is 14.9 Å². The second kappa shape index (κ2) is 8.50. The summed E-state index contributed by atoms with van der Waals surface area (Å²) in [4.78, 5) is 26.1. The minimum Gasteiger partial charge on any atom is -0.411 e. The molecule has 1 amide bonds. The van der Waals surface area contributed by atoms with Gasteiger partial charge in [0.2, 0.25) is 6.04 Å². The molecule has 8 heteroatoms. The lowest BCUT2D eigenvalue weighted by molar-refractivity contribution is -0.507. The number of hydrogen-bond donors (Lipinski definition) is 2. The lowest BCUT2D eigenvalue weighted by Gasteiger charge is -2.08.